The first-order chi connectivity index (χ1) is 7.31. The third-order valence-electron chi connectivity index (χ3n) is 2.63. The second-order valence-electron chi connectivity index (χ2n) is 3.78. The molecule has 4 nitrogen and oxygen atoms in total. The summed E-state index contributed by atoms with van der Waals surface area (Å²) in [5, 5.41) is 6.16. The molecule has 4 heteroatoms. The van der Waals surface area contributed by atoms with Crippen molar-refractivity contribution in [2.24, 2.45) is 5.92 Å². The van der Waals surface area contributed by atoms with E-state index >= 15 is 0 Å². The van der Waals surface area contributed by atoms with Gasteiger partial charge in [0.25, 0.3) is 0 Å². The zero-order chi connectivity index (χ0) is 10.7. The maximum atomic E-state index is 11.8. The molecule has 0 aromatic carbocycles. The third kappa shape index (κ3) is 2.09. The lowest BCUT2D eigenvalue weighted by atomic mass is 10.0. The van der Waals surface area contributed by atoms with Gasteiger partial charge in [-0.1, -0.05) is 13.3 Å². The molecule has 2 N–H and O–H groups in total. The monoisotopic (exact) mass is 205 g/mol. The Morgan fingerprint density at radius 3 is 3.20 bits per heavy atom. The van der Waals surface area contributed by atoms with E-state index in [-0.39, 0.29) is 11.8 Å². The van der Waals surface area contributed by atoms with Gasteiger partial charge in [0.15, 0.2) is 0 Å². The molecule has 2 rings (SSSR count). The number of hydrogen-bond donors (Lipinski definition) is 2. The molecule has 15 heavy (non-hydrogen) atoms. The number of rotatable bonds is 2. The summed E-state index contributed by atoms with van der Waals surface area (Å²) < 4.78 is 0. The molecule has 1 aliphatic rings. The summed E-state index contributed by atoms with van der Waals surface area (Å²) in [6.45, 7) is 2.80. The Morgan fingerprint density at radius 1 is 1.53 bits per heavy atom. The summed E-state index contributed by atoms with van der Waals surface area (Å²) in [5.74, 6) is 0.151. The fourth-order valence-electron chi connectivity index (χ4n) is 1.79. The lowest BCUT2D eigenvalue weighted by Gasteiger charge is -2.11. The van der Waals surface area contributed by atoms with Gasteiger partial charge >= 0.3 is 0 Å². The molecule has 1 atom stereocenters. The maximum absolute atomic E-state index is 11.8. The van der Waals surface area contributed by atoms with E-state index < -0.39 is 0 Å². The molecule has 1 unspecified atom stereocenters. The van der Waals surface area contributed by atoms with Crippen molar-refractivity contribution in [1.82, 2.24) is 4.98 Å². The topological polar surface area (TPSA) is 54.0 Å². The van der Waals surface area contributed by atoms with Crippen molar-refractivity contribution in [3.63, 3.8) is 0 Å². The van der Waals surface area contributed by atoms with Crippen LogP contribution in [0.1, 0.15) is 19.8 Å². The van der Waals surface area contributed by atoms with Crippen LogP contribution >= 0.6 is 0 Å². The second kappa shape index (κ2) is 4.29. The number of hydrogen-bond acceptors (Lipinski definition) is 3. The van der Waals surface area contributed by atoms with E-state index in [0.29, 0.717) is 6.54 Å². The highest BCUT2D eigenvalue weighted by Gasteiger charge is 2.22. The zero-order valence-corrected chi connectivity index (χ0v) is 8.79. The van der Waals surface area contributed by atoms with E-state index in [2.05, 4.69) is 22.5 Å². The lowest BCUT2D eigenvalue weighted by molar-refractivity contribution is -0.119. The van der Waals surface area contributed by atoms with Gasteiger partial charge in [-0.2, -0.15) is 0 Å². The van der Waals surface area contributed by atoms with Crippen LogP contribution in [-0.4, -0.2) is 17.4 Å². The number of pyridine rings is 1. The summed E-state index contributed by atoms with van der Waals surface area (Å²) >= 11 is 0. The van der Waals surface area contributed by atoms with Crippen LogP contribution in [0.4, 0.5) is 11.4 Å². The minimum Gasteiger partial charge on any atom is -0.382 e. The molecule has 1 amide bonds. The number of nitrogens with zero attached hydrogens (tertiary/aromatic N) is 1. The van der Waals surface area contributed by atoms with Gasteiger partial charge in [-0.15, -0.1) is 0 Å². The van der Waals surface area contributed by atoms with Crippen molar-refractivity contribution >= 4 is 17.3 Å². The predicted octanol–water partition coefficient (Wildman–Crippen LogP) is 1.86. The van der Waals surface area contributed by atoms with E-state index in [1.54, 1.807) is 12.4 Å². The molecule has 1 aromatic rings. The highest BCUT2D eigenvalue weighted by atomic mass is 16.1. The van der Waals surface area contributed by atoms with Crippen LogP contribution in [0.25, 0.3) is 0 Å². The number of carbonyl (C=O) groups excluding carboxylic acids is 1. The second-order valence-corrected chi connectivity index (χ2v) is 3.78. The molecule has 1 aromatic heterocycles. The molecule has 0 bridgehead atoms. The van der Waals surface area contributed by atoms with E-state index in [1.165, 1.54) is 0 Å². The maximum Gasteiger partial charge on any atom is 0.229 e. The van der Waals surface area contributed by atoms with Gasteiger partial charge < -0.3 is 10.6 Å². The number of aromatic nitrogens is 1. The third-order valence-corrected chi connectivity index (χ3v) is 2.63. The molecular weight excluding hydrogens is 190 g/mol. The van der Waals surface area contributed by atoms with Crippen LogP contribution in [0.15, 0.2) is 18.5 Å². The smallest absolute Gasteiger partial charge is 0.229 e. The molecular formula is C11H15N3O. The Balaban J connectivity index is 2.19. The van der Waals surface area contributed by atoms with Crippen molar-refractivity contribution in [2.45, 2.75) is 19.8 Å². The quantitative estimate of drug-likeness (QED) is 0.774. The minimum absolute atomic E-state index is 0.0578. The van der Waals surface area contributed by atoms with Crippen molar-refractivity contribution in [3.05, 3.63) is 18.5 Å². The number of nitrogens with one attached hydrogen (secondary N) is 2. The van der Waals surface area contributed by atoms with Crippen molar-refractivity contribution in [3.8, 4) is 0 Å². The molecule has 0 radical (unpaired) electrons. The van der Waals surface area contributed by atoms with Crippen LogP contribution < -0.4 is 10.6 Å². The van der Waals surface area contributed by atoms with E-state index in [4.69, 9.17) is 0 Å². The fourth-order valence-corrected chi connectivity index (χ4v) is 1.79. The average molecular weight is 205 g/mol. The molecule has 2 heterocycles. The summed E-state index contributed by atoms with van der Waals surface area (Å²) in [6, 6.07) is 1.88. The average Bonchev–Trinajstić information content (AvgIpc) is 2.40. The van der Waals surface area contributed by atoms with Crippen molar-refractivity contribution < 1.29 is 4.79 Å². The van der Waals surface area contributed by atoms with Gasteiger partial charge in [-0.3, -0.25) is 9.78 Å². The van der Waals surface area contributed by atoms with Crippen molar-refractivity contribution in [2.75, 3.05) is 17.2 Å². The van der Waals surface area contributed by atoms with Crippen LogP contribution in [0.3, 0.4) is 0 Å². The summed E-state index contributed by atoms with van der Waals surface area (Å²) in [7, 11) is 0. The normalized spacial score (nSPS) is 19.8. The van der Waals surface area contributed by atoms with Gasteiger partial charge in [0.05, 0.1) is 23.5 Å². The molecule has 1 aliphatic heterocycles. The Hall–Kier alpha value is -1.58. The number of carbonyl (C=O) groups is 1. The van der Waals surface area contributed by atoms with Crippen LogP contribution in [0.2, 0.25) is 0 Å². The molecule has 0 saturated heterocycles. The standard InChI is InChI=1S/C11H15N3O/c1-2-3-8-6-13-9-4-5-12-7-10(9)14-11(8)15/h4-5,7-8,13H,2-3,6H2,1H3,(H,14,15). The minimum atomic E-state index is 0.0578. The van der Waals surface area contributed by atoms with Gasteiger partial charge in [0, 0.05) is 12.7 Å². The Labute approximate surface area is 89.1 Å². The first kappa shape index (κ1) is 9.96. The molecule has 80 valence electrons. The van der Waals surface area contributed by atoms with Gasteiger partial charge in [0.1, 0.15) is 0 Å². The van der Waals surface area contributed by atoms with Gasteiger partial charge in [-0.05, 0) is 12.5 Å². The number of amides is 1. The molecule has 0 saturated carbocycles. The van der Waals surface area contributed by atoms with Crippen LogP contribution in [0.5, 0.6) is 0 Å². The first-order valence-electron chi connectivity index (χ1n) is 5.30. The Bertz CT molecular complexity index is 365. The van der Waals surface area contributed by atoms with Gasteiger partial charge in [-0.25, -0.2) is 0 Å². The SMILES string of the molecule is CCCC1CNc2ccncc2NC1=O. The molecule has 0 aliphatic carbocycles. The Morgan fingerprint density at radius 2 is 2.40 bits per heavy atom. The van der Waals surface area contributed by atoms with Crippen LogP contribution in [0, 0.1) is 5.92 Å². The predicted molar refractivity (Wildman–Crippen MR) is 59.8 cm³/mol. The summed E-state index contributed by atoms with van der Waals surface area (Å²) in [4.78, 5) is 15.8. The first-order valence-corrected chi connectivity index (χ1v) is 5.30. The summed E-state index contributed by atoms with van der Waals surface area (Å²) in [5.41, 5.74) is 1.73. The van der Waals surface area contributed by atoms with Crippen molar-refractivity contribution in [1.29, 1.82) is 0 Å². The number of anilines is 2. The fraction of sp³-hybridized carbons (Fsp3) is 0.455. The number of fused-ring (bicyclic) bond motifs is 1. The Kier molecular flexibility index (Phi) is 2.85. The van der Waals surface area contributed by atoms with Crippen LogP contribution in [-0.2, 0) is 4.79 Å². The van der Waals surface area contributed by atoms with E-state index in [9.17, 15) is 4.79 Å². The van der Waals surface area contributed by atoms with Gasteiger partial charge in [0.2, 0.25) is 5.91 Å². The van der Waals surface area contributed by atoms with E-state index in [0.717, 1.165) is 24.2 Å². The van der Waals surface area contributed by atoms with E-state index in [1.807, 2.05) is 6.07 Å². The molecule has 0 spiro atoms. The zero-order valence-electron chi connectivity index (χ0n) is 8.79. The summed E-state index contributed by atoms with van der Waals surface area (Å²) in [6.07, 6.45) is 5.33. The largest absolute Gasteiger partial charge is 0.382 e. The molecule has 0 fully saturated rings. The highest BCUT2D eigenvalue weighted by molar-refractivity contribution is 5.97. The highest BCUT2D eigenvalue weighted by Crippen LogP contribution is 2.24. The lowest BCUT2D eigenvalue weighted by Crippen LogP contribution is -2.25.